The van der Waals surface area contributed by atoms with Crippen molar-refractivity contribution < 1.29 is 27.5 Å². The first kappa shape index (κ1) is 17.7. The van der Waals surface area contributed by atoms with Crippen molar-refractivity contribution in [3.8, 4) is 0 Å². The fraction of sp³-hybridized carbons (Fsp3) is 0.562. The quantitative estimate of drug-likeness (QED) is 0.831. The Balaban J connectivity index is 2.52. The maximum absolute atomic E-state index is 14.2. The van der Waals surface area contributed by atoms with E-state index in [9.17, 15) is 27.5 Å². The summed E-state index contributed by atoms with van der Waals surface area (Å²) in [6, 6.07) is 5.56. The van der Waals surface area contributed by atoms with Crippen molar-refractivity contribution >= 4 is 5.91 Å². The molecule has 0 spiro atoms. The number of amides is 1. The highest BCUT2D eigenvalue weighted by Crippen LogP contribution is 2.49. The molecule has 1 fully saturated rings. The zero-order valence-electron chi connectivity index (χ0n) is 12.5. The second-order valence-corrected chi connectivity index (χ2v) is 6.22. The van der Waals surface area contributed by atoms with Gasteiger partial charge in [0.25, 0.3) is 5.91 Å². The zero-order chi connectivity index (χ0) is 17.3. The molecule has 0 heterocycles. The molecule has 1 aliphatic carbocycles. The average Bonchev–Trinajstić information content (AvgIpc) is 2.47. The van der Waals surface area contributed by atoms with Gasteiger partial charge in [-0.2, -0.15) is 13.2 Å². The molecule has 3 nitrogen and oxygen atoms in total. The first-order valence-electron chi connectivity index (χ1n) is 7.46. The molecule has 0 bridgehead atoms. The van der Waals surface area contributed by atoms with Crippen LogP contribution in [0.5, 0.6) is 0 Å². The van der Waals surface area contributed by atoms with Crippen LogP contribution in [0.3, 0.4) is 0 Å². The lowest BCUT2D eigenvalue weighted by Gasteiger charge is -2.43. The van der Waals surface area contributed by atoms with Gasteiger partial charge in [-0.1, -0.05) is 37.5 Å². The van der Waals surface area contributed by atoms with Crippen LogP contribution in [0, 0.1) is 5.82 Å². The number of hydrogen-bond donors (Lipinski definition) is 2. The number of carbonyl (C=O) groups is 1. The van der Waals surface area contributed by atoms with Crippen LogP contribution in [0.1, 0.15) is 44.1 Å². The van der Waals surface area contributed by atoms with Crippen LogP contribution in [-0.2, 0) is 10.2 Å². The highest BCUT2D eigenvalue weighted by molar-refractivity contribution is 5.84. The van der Waals surface area contributed by atoms with Crippen molar-refractivity contribution in [1.82, 2.24) is 0 Å². The van der Waals surface area contributed by atoms with Crippen molar-refractivity contribution in [2.45, 2.75) is 55.7 Å². The van der Waals surface area contributed by atoms with Crippen molar-refractivity contribution in [3.63, 3.8) is 0 Å². The maximum atomic E-state index is 14.2. The van der Waals surface area contributed by atoms with E-state index in [1.54, 1.807) is 0 Å². The van der Waals surface area contributed by atoms with Gasteiger partial charge in [0.2, 0.25) is 5.60 Å². The molecule has 7 heteroatoms. The molecule has 0 saturated heterocycles. The van der Waals surface area contributed by atoms with E-state index in [4.69, 9.17) is 5.73 Å². The largest absolute Gasteiger partial charge is 0.426 e. The Labute approximate surface area is 131 Å². The van der Waals surface area contributed by atoms with E-state index in [0.29, 0.717) is 12.8 Å². The standard InChI is InChI=1S/C16H19F4NO2/c17-12-7-3-2-6-11(12)14(8-4-1-5-9-14)10-15(23,13(21)22)16(18,19)20/h2-3,6-7,23H,1,4-5,8-10H2,(H2,21,22). The molecule has 1 unspecified atom stereocenters. The van der Waals surface area contributed by atoms with Gasteiger partial charge in [-0.15, -0.1) is 0 Å². The lowest BCUT2D eigenvalue weighted by molar-refractivity contribution is -0.257. The third kappa shape index (κ3) is 3.20. The molecule has 128 valence electrons. The number of benzene rings is 1. The van der Waals surface area contributed by atoms with Crippen LogP contribution in [0.15, 0.2) is 24.3 Å². The molecule has 0 radical (unpaired) electrons. The van der Waals surface area contributed by atoms with Crippen LogP contribution in [0.25, 0.3) is 0 Å². The number of halogens is 4. The highest BCUT2D eigenvalue weighted by Gasteiger charge is 2.62. The number of carbonyl (C=O) groups excluding carboxylic acids is 1. The molecule has 1 amide bonds. The molecule has 2 rings (SSSR count). The Bertz CT molecular complexity index is 582. The van der Waals surface area contributed by atoms with Crippen molar-refractivity contribution in [2.75, 3.05) is 0 Å². The highest BCUT2D eigenvalue weighted by atomic mass is 19.4. The van der Waals surface area contributed by atoms with Gasteiger partial charge in [0.1, 0.15) is 5.82 Å². The summed E-state index contributed by atoms with van der Waals surface area (Å²) in [7, 11) is 0. The first-order valence-corrected chi connectivity index (χ1v) is 7.46. The molecule has 1 saturated carbocycles. The van der Waals surface area contributed by atoms with E-state index < -0.39 is 35.3 Å². The van der Waals surface area contributed by atoms with Crippen LogP contribution < -0.4 is 5.73 Å². The van der Waals surface area contributed by atoms with Gasteiger partial charge in [-0.25, -0.2) is 4.39 Å². The van der Waals surface area contributed by atoms with Crippen LogP contribution in [-0.4, -0.2) is 22.8 Å². The van der Waals surface area contributed by atoms with Gasteiger partial charge in [0.05, 0.1) is 0 Å². The summed E-state index contributed by atoms with van der Waals surface area (Å²) in [6.45, 7) is 0. The topological polar surface area (TPSA) is 63.3 Å². The molecule has 3 N–H and O–H groups in total. The SMILES string of the molecule is NC(=O)C(O)(CC1(c2ccccc2F)CCCCC1)C(F)(F)F. The Morgan fingerprint density at radius 1 is 1.17 bits per heavy atom. The van der Waals surface area contributed by atoms with E-state index in [2.05, 4.69) is 0 Å². The predicted molar refractivity (Wildman–Crippen MR) is 76.0 cm³/mol. The summed E-state index contributed by atoms with van der Waals surface area (Å²) in [4.78, 5) is 11.4. The van der Waals surface area contributed by atoms with Gasteiger partial charge in [-0.05, 0) is 24.5 Å². The number of rotatable bonds is 4. The monoisotopic (exact) mass is 333 g/mol. The molecule has 1 atom stereocenters. The van der Waals surface area contributed by atoms with Crippen molar-refractivity contribution in [3.05, 3.63) is 35.6 Å². The van der Waals surface area contributed by atoms with E-state index in [1.807, 2.05) is 0 Å². The average molecular weight is 333 g/mol. The van der Waals surface area contributed by atoms with Gasteiger partial charge >= 0.3 is 6.18 Å². The zero-order valence-corrected chi connectivity index (χ0v) is 12.5. The van der Waals surface area contributed by atoms with Gasteiger partial charge in [0, 0.05) is 11.8 Å². The number of alkyl halides is 3. The minimum Gasteiger partial charge on any atom is -0.373 e. The number of aliphatic hydroxyl groups is 1. The molecule has 0 aliphatic heterocycles. The molecule has 0 aromatic heterocycles. The Hall–Kier alpha value is -1.63. The van der Waals surface area contributed by atoms with Gasteiger partial charge in [-0.3, -0.25) is 4.79 Å². The first-order chi connectivity index (χ1) is 10.6. The van der Waals surface area contributed by atoms with E-state index in [-0.39, 0.29) is 18.4 Å². The van der Waals surface area contributed by atoms with E-state index in [1.165, 1.54) is 24.3 Å². The third-order valence-corrected chi connectivity index (χ3v) is 4.73. The Morgan fingerprint density at radius 2 is 1.74 bits per heavy atom. The summed E-state index contributed by atoms with van der Waals surface area (Å²) in [5.74, 6) is -2.49. The second kappa shape index (κ2) is 6.11. The van der Waals surface area contributed by atoms with Crippen LogP contribution in [0.2, 0.25) is 0 Å². The van der Waals surface area contributed by atoms with Crippen LogP contribution >= 0.6 is 0 Å². The number of primary amides is 1. The van der Waals surface area contributed by atoms with Crippen LogP contribution in [0.4, 0.5) is 17.6 Å². The van der Waals surface area contributed by atoms with Gasteiger partial charge in [0.15, 0.2) is 0 Å². The Morgan fingerprint density at radius 3 is 2.22 bits per heavy atom. The minimum atomic E-state index is -5.21. The Kier molecular flexibility index (Phi) is 4.71. The summed E-state index contributed by atoms with van der Waals surface area (Å²) in [6.07, 6.45) is -3.63. The van der Waals surface area contributed by atoms with Crippen molar-refractivity contribution in [1.29, 1.82) is 0 Å². The minimum absolute atomic E-state index is 0.101. The number of hydrogen-bond acceptors (Lipinski definition) is 2. The molecule has 1 aromatic carbocycles. The molecular formula is C16H19F4NO2. The third-order valence-electron chi connectivity index (χ3n) is 4.73. The lowest BCUT2D eigenvalue weighted by atomic mass is 9.63. The molecular weight excluding hydrogens is 314 g/mol. The summed E-state index contributed by atoms with van der Waals surface area (Å²) >= 11 is 0. The molecule has 23 heavy (non-hydrogen) atoms. The number of nitrogens with two attached hydrogens (primary N) is 1. The normalized spacial score (nSPS) is 20.7. The predicted octanol–water partition coefficient (Wildman–Crippen LogP) is 3.20. The fourth-order valence-electron chi connectivity index (χ4n) is 3.48. The lowest BCUT2D eigenvalue weighted by Crippen LogP contribution is -2.59. The molecule has 1 aromatic rings. The van der Waals surface area contributed by atoms with Crippen molar-refractivity contribution in [2.24, 2.45) is 5.73 Å². The summed E-state index contributed by atoms with van der Waals surface area (Å²) < 4.78 is 54.0. The smallest absolute Gasteiger partial charge is 0.373 e. The summed E-state index contributed by atoms with van der Waals surface area (Å²) in [5.41, 5.74) is 0.0122. The van der Waals surface area contributed by atoms with E-state index >= 15 is 0 Å². The maximum Gasteiger partial charge on any atom is 0.426 e. The molecule has 1 aliphatic rings. The fourth-order valence-corrected chi connectivity index (χ4v) is 3.48. The second-order valence-electron chi connectivity index (χ2n) is 6.22. The summed E-state index contributed by atoms with van der Waals surface area (Å²) in [5, 5.41) is 9.97. The van der Waals surface area contributed by atoms with Gasteiger partial charge < -0.3 is 10.8 Å². The van der Waals surface area contributed by atoms with E-state index in [0.717, 1.165) is 6.42 Å².